The molecule has 0 saturated heterocycles. The van der Waals surface area contributed by atoms with Crippen LogP contribution in [0.1, 0.15) is 25.7 Å². The average Bonchev–Trinajstić information content (AvgIpc) is 2.38. The highest BCUT2D eigenvalue weighted by Crippen LogP contribution is 2.42. The Hall–Kier alpha value is -1.43. The van der Waals surface area contributed by atoms with E-state index in [1.165, 1.54) is 0 Å². The third kappa shape index (κ3) is 3.61. The fourth-order valence-corrected chi connectivity index (χ4v) is 2.86. The molecule has 2 rings (SSSR count). The van der Waals surface area contributed by atoms with Crippen molar-refractivity contribution in [1.82, 2.24) is 0 Å². The highest BCUT2D eigenvalue weighted by Gasteiger charge is 2.49. The molecule has 0 unspecified atom stereocenters. The van der Waals surface area contributed by atoms with Gasteiger partial charge in [-0.05, 0) is 43.9 Å². The summed E-state index contributed by atoms with van der Waals surface area (Å²) in [5.41, 5.74) is -0.873. The number of rotatable bonds is 3. The van der Waals surface area contributed by atoms with Crippen LogP contribution >= 0.6 is 11.6 Å². The number of hydrogen-bond donors (Lipinski definition) is 2. The molecule has 1 aliphatic rings. The van der Waals surface area contributed by atoms with Gasteiger partial charge in [0.15, 0.2) is 0 Å². The Bertz CT molecular complexity index is 525. The lowest BCUT2D eigenvalue weighted by Gasteiger charge is -2.38. The molecule has 2 N–H and O–H groups in total. The summed E-state index contributed by atoms with van der Waals surface area (Å²) < 4.78 is 38.1. The zero-order valence-corrected chi connectivity index (χ0v) is 11.8. The van der Waals surface area contributed by atoms with Gasteiger partial charge in [0.1, 0.15) is 5.54 Å². The largest absolute Gasteiger partial charge is 0.480 e. The van der Waals surface area contributed by atoms with Crippen molar-refractivity contribution in [3.05, 3.63) is 29.3 Å². The predicted octanol–water partition coefficient (Wildman–Crippen LogP) is 4.33. The van der Waals surface area contributed by atoms with Gasteiger partial charge in [-0.2, -0.15) is 13.2 Å². The van der Waals surface area contributed by atoms with Gasteiger partial charge in [-0.3, -0.25) is 0 Å². The maximum atomic E-state index is 12.7. The first-order valence-corrected chi connectivity index (χ1v) is 6.95. The van der Waals surface area contributed by atoms with Gasteiger partial charge in [0.25, 0.3) is 0 Å². The summed E-state index contributed by atoms with van der Waals surface area (Å²) in [7, 11) is 0. The van der Waals surface area contributed by atoms with Crippen molar-refractivity contribution in [1.29, 1.82) is 0 Å². The van der Waals surface area contributed by atoms with E-state index in [2.05, 4.69) is 5.32 Å². The molecule has 0 heterocycles. The zero-order chi connectivity index (χ0) is 15.7. The molecule has 1 saturated carbocycles. The zero-order valence-electron chi connectivity index (χ0n) is 11.1. The summed E-state index contributed by atoms with van der Waals surface area (Å²) >= 11 is 5.83. The molecule has 0 atom stereocenters. The van der Waals surface area contributed by atoms with Gasteiger partial charge in [-0.15, -0.1) is 0 Å². The van der Waals surface area contributed by atoms with Crippen LogP contribution in [0.5, 0.6) is 0 Å². The number of aliphatic carboxylic acids is 1. The molecule has 0 amide bonds. The Kier molecular flexibility index (Phi) is 4.37. The lowest BCUT2D eigenvalue weighted by Crippen LogP contribution is -2.50. The summed E-state index contributed by atoms with van der Waals surface area (Å²) in [6, 6.07) is 6.50. The maximum absolute atomic E-state index is 12.7. The molecule has 116 valence electrons. The van der Waals surface area contributed by atoms with Crippen LogP contribution in [0, 0.1) is 5.92 Å². The van der Waals surface area contributed by atoms with E-state index in [-0.39, 0.29) is 25.7 Å². The molecule has 1 aromatic carbocycles. The van der Waals surface area contributed by atoms with Crippen molar-refractivity contribution in [3.8, 4) is 0 Å². The van der Waals surface area contributed by atoms with E-state index in [1.54, 1.807) is 24.3 Å². The van der Waals surface area contributed by atoms with Crippen LogP contribution in [0.3, 0.4) is 0 Å². The van der Waals surface area contributed by atoms with Crippen molar-refractivity contribution in [2.45, 2.75) is 37.4 Å². The van der Waals surface area contributed by atoms with Gasteiger partial charge in [-0.25, -0.2) is 4.79 Å². The van der Waals surface area contributed by atoms with Crippen LogP contribution in [0.15, 0.2) is 24.3 Å². The highest BCUT2D eigenvalue weighted by atomic mass is 35.5. The van der Waals surface area contributed by atoms with Crippen LogP contribution in [0.4, 0.5) is 18.9 Å². The minimum absolute atomic E-state index is 0.0704. The maximum Gasteiger partial charge on any atom is 0.391 e. The Balaban J connectivity index is 2.15. The molecule has 0 radical (unpaired) electrons. The van der Waals surface area contributed by atoms with Crippen molar-refractivity contribution < 1.29 is 23.1 Å². The molecule has 21 heavy (non-hydrogen) atoms. The number of hydrogen-bond acceptors (Lipinski definition) is 2. The lowest BCUT2D eigenvalue weighted by molar-refractivity contribution is -0.186. The van der Waals surface area contributed by atoms with Gasteiger partial charge >= 0.3 is 12.1 Å². The molecule has 0 aliphatic heterocycles. The quantitative estimate of drug-likeness (QED) is 0.871. The topological polar surface area (TPSA) is 49.3 Å². The molecule has 7 heteroatoms. The van der Waals surface area contributed by atoms with E-state index in [9.17, 15) is 23.1 Å². The Morgan fingerprint density at radius 1 is 1.33 bits per heavy atom. The molecule has 0 aromatic heterocycles. The van der Waals surface area contributed by atoms with Crippen LogP contribution in [-0.4, -0.2) is 22.8 Å². The second-order valence-electron chi connectivity index (χ2n) is 5.34. The molecule has 0 spiro atoms. The van der Waals surface area contributed by atoms with Crippen LogP contribution in [0.25, 0.3) is 0 Å². The Morgan fingerprint density at radius 2 is 1.95 bits per heavy atom. The third-order valence-corrected chi connectivity index (χ3v) is 4.15. The fourth-order valence-electron chi connectivity index (χ4n) is 2.67. The Labute approximate surface area is 125 Å². The first kappa shape index (κ1) is 15.9. The standard InChI is InChI=1S/C14H15ClF3NO2/c15-10-2-1-3-11(8-10)19-13(12(20)21)6-4-9(5-7-13)14(16,17)18/h1-3,8-9,19H,4-7H2,(H,20,21). The molecule has 0 bridgehead atoms. The van der Waals surface area contributed by atoms with Gasteiger partial charge in [0.2, 0.25) is 0 Å². The minimum Gasteiger partial charge on any atom is -0.480 e. The summed E-state index contributed by atoms with van der Waals surface area (Å²) in [4.78, 5) is 11.5. The van der Waals surface area contributed by atoms with Crippen LogP contribution < -0.4 is 5.32 Å². The molecular weight excluding hydrogens is 307 g/mol. The first-order chi connectivity index (χ1) is 9.73. The number of halogens is 4. The molecule has 1 aromatic rings. The third-order valence-electron chi connectivity index (χ3n) is 3.92. The van der Waals surface area contributed by atoms with Crippen LogP contribution in [0.2, 0.25) is 5.02 Å². The molecule has 3 nitrogen and oxygen atoms in total. The molecular formula is C14H15ClF3NO2. The van der Waals surface area contributed by atoms with E-state index >= 15 is 0 Å². The minimum atomic E-state index is -4.26. The average molecular weight is 322 g/mol. The van der Waals surface area contributed by atoms with Crippen molar-refractivity contribution in [3.63, 3.8) is 0 Å². The van der Waals surface area contributed by atoms with Gasteiger partial charge < -0.3 is 10.4 Å². The molecule has 1 fully saturated rings. The van der Waals surface area contributed by atoms with Crippen LogP contribution in [-0.2, 0) is 4.79 Å². The van der Waals surface area contributed by atoms with E-state index < -0.39 is 23.6 Å². The highest BCUT2D eigenvalue weighted by molar-refractivity contribution is 6.30. The lowest BCUT2D eigenvalue weighted by atomic mass is 9.76. The summed E-state index contributed by atoms with van der Waals surface area (Å²) in [6.07, 6.45) is -4.79. The number of benzene rings is 1. The van der Waals surface area contributed by atoms with Gasteiger partial charge in [-0.1, -0.05) is 17.7 Å². The first-order valence-electron chi connectivity index (χ1n) is 6.57. The monoisotopic (exact) mass is 321 g/mol. The number of anilines is 1. The second kappa shape index (κ2) is 5.75. The van der Waals surface area contributed by atoms with Gasteiger partial charge in [0, 0.05) is 10.7 Å². The van der Waals surface area contributed by atoms with E-state index in [4.69, 9.17) is 11.6 Å². The van der Waals surface area contributed by atoms with Gasteiger partial charge in [0.05, 0.1) is 5.92 Å². The number of nitrogens with one attached hydrogen (secondary N) is 1. The number of carbonyl (C=O) groups is 1. The summed E-state index contributed by atoms with van der Waals surface area (Å²) in [6.45, 7) is 0. The van der Waals surface area contributed by atoms with E-state index in [0.29, 0.717) is 10.7 Å². The van der Waals surface area contributed by atoms with Crippen molar-refractivity contribution >= 4 is 23.3 Å². The predicted molar refractivity (Wildman–Crippen MR) is 73.5 cm³/mol. The fraction of sp³-hybridized carbons (Fsp3) is 0.500. The van der Waals surface area contributed by atoms with E-state index in [0.717, 1.165) is 0 Å². The summed E-state index contributed by atoms with van der Waals surface area (Å²) in [5, 5.41) is 12.7. The SMILES string of the molecule is O=C(O)C1(Nc2cccc(Cl)c2)CCC(C(F)(F)F)CC1. The number of alkyl halides is 3. The summed E-state index contributed by atoms with van der Waals surface area (Å²) in [5.74, 6) is -2.56. The molecule has 1 aliphatic carbocycles. The smallest absolute Gasteiger partial charge is 0.391 e. The number of carboxylic acids is 1. The number of carboxylic acid groups (broad SMARTS) is 1. The van der Waals surface area contributed by atoms with E-state index in [1.807, 2.05) is 0 Å². The van der Waals surface area contributed by atoms with Crippen molar-refractivity contribution in [2.24, 2.45) is 5.92 Å². The normalized spacial score (nSPS) is 26.4. The van der Waals surface area contributed by atoms with Crippen molar-refractivity contribution in [2.75, 3.05) is 5.32 Å². The second-order valence-corrected chi connectivity index (χ2v) is 5.77. The Morgan fingerprint density at radius 3 is 2.43 bits per heavy atom.